The molecule has 3 rings (SSSR count). The van der Waals surface area contributed by atoms with Crippen molar-refractivity contribution in [2.24, 2.45) is 0 Å². The van der Waals surface area contributed by atoms with Gasteiger partial charge in [0.2, 0.25) is 10.0 Å². The fourth-order valence-corrected chi connectivity index (χ4v) is 3.28. The second-order valence-electron chi connectivity index (χ2n) is 5.16. The molecule has 0 unspecified atom stereocenters. The maximum absolute atomic E-state index is 12.4. The standard InChI is InChI=1S/C16H16N4O2S/c1-11-18-9-14(16(17)20-11)10-19-23(21,22)15-7-6-12-4-2-3-5-13(12)8-15/h2-9,19H,10H2,1H3,(H2,17,18,20). The topological polar surface area (TPSA) is 98.0 Å². The zero-order valence-electron chi connectivity index (χ0n) is 12.5. The van der Waals surface area contributed by atoms with E-state index in [-0.39, 0.29) is 17.3 Å². The van der Waals surface area contributed by atoms with E-state index in [1.54, 1.807) is 25.1 Å². The molecule has 23 heavy (non-hydrogen) atoms. The highest BCUT2D eigenvalue weighted by atomic mass is 32.2. The van der Waals surface area contributed by atoms with Crippen LogP contribution >= 0.6 is 0 Å². The summed E-state index contributed by atoms with van der Waals surface area (Å²) in [6.45, 7) is 1.76. The van der Waals surface area contributed by atoms with Crippen LogP contribution in [0.1, 0.15) is 11.4 Å². The summed E-state index contributed by atoms with van der Waals surface area (Å²) in [5.41, 5.74) is 6.32. The monoisotopic (exact) mass is 328 g/mol. The second-order valence-corrected chi connectivity index (χ2v) is 6.93. The average molecular weight is 328 g/mol. The number of hydrogen-bond donors (Lipinski definition) is 2. The molecule has 0 aliphatic rings. The van der Waals surface area contributed by atoms with Crippen LogP contribution in [0, 0.1) is 6.92 Å². The first-order valence-electron chi connectivity index (χ1n) is 7.02. The number of nitrogens with two attached hydrogens (primary N) is 1. The molecular formula is C16H16N4O2S. The summed E-state index contributed by atoms with van der Waals surface area (Å²) in [6.07, 6.45) is 1.53. The van der Waals surface area contributed by atoms with Crippen LogP contribution in [-0.4, -0.2) is 18.4 Å². The number of rotatable bonds is 4. The van der Waals surface area contributed by atoms with Crippen LogP contribution in [-0.2, 0) is 16.6 Å². The minimum atomic E-state index is -3.64. The number of nitrogens with zero attached hydrogens (tertiary/aromatic N) is 2. The lowest BCUT2D eigenvalue weighted by molar-refractivity contribution is 0.581. The van der Waals surface area contributed by atoms with Crippen LogP contribution in [0.15, 0.2) is 53.6 Å². The van der Waals surface area contributed by atoms with Crippen LogP contribution in [0.3, 0.4) is 0 Å². The van der Waals surface area contributed by atoms with Gasteiger partial charge in [-0.3, -0.25) is 0 Å². The lowest BCUT2D eigenvalue weighted by atomic mass is 10.1. The zero-order chi connectivity index (χ0) is 16.4. The summed E-state index contributed by atoms with van der Waals surface area (Å²) >= 11 is 0. The highest BCUT2D eigenvalue weighted by molar-refractivity contribution is 7.89. The number of aromatic nitrogens is 2. The lowest BCUT2D eigenvalue weighted by Gasteiger charge is -2.09. The predicted molar refractivity (Wildman–Crippen MR) is 89.2 cm³/mol. The molecule has 3 aromatic rings. The van der Waals surface area contributed by atoms with E-state index >= 15 is 0 Å². The van der Waals surface area contributed by atoms with Gasteiger partial charge in [-0.2, -0.15) is 0 Å². The van der Waals surface area contributed by atoms with E-state index in [0.717, 1.165) is 10.8 Å². The van der Waals surface area contributed by atoms with E-state index in [1.165, 1.54) is 6.20 Å². The number of nitrogen functional groups attached to an aromatic ring is 1. The highest BCUT2D eigenvalue weighted by Gasteiger charge is 2.15. The van der Waals surface area contributed by atoms with Crippen molar-refractivity contribution < 1.29 is 8.42 Å². The third kappa shape index (κ3) is 3.30. The maximum atomic E-state index is 12.4. The van der Waals surface area contributed by atoms with E-state index < -0.39 is 10.0 Å². The van der Waals surface area contributed by atoms with Crippen molar-refractivity contribution in [1.29, 1.82) is 0 Å². The van der Waals surface area contributed by atoms with Gasteiger partial charge in [0.1, 0.15) is 11.6 Å². The molecule has 0 aliphatic carbocycles. The van der Waals surface area contributed by atoms with E-state index in [2.05, 4.69) is 14.7 Å². The van der Waals surface area contributed by atoms with Crippen molar-refractivity contribution in [1.82, 2.24) is 14.7 Å². The van der Waals surface area contributed by atoms with Crippen molar-refractivity contribution in [3.05, 3.63) is 60.0 Å². The first-order valence-corrected chi connectivity index (χ1v) is 8.50. The van der Waals surface area contributed by atoms with Gasteiger partial charge in [0.15, 0.2) is 0 Å². The highest BCUT2D eigenvalue weighted by Crippen LogP contribution is 2.19. The van der Waals surface area contributed by atoms with Crippen LogP contribution in [0.5, 0.6) is 0 Å². The van der Waals surface area contributed by atoms with Gasteiger partial charge < -0.3 is 5.73 Å². The fourth-order valence-electron chi connectivity index (χ4n) is 2.24. The molecule has 0 spiro atoms. The molecule has 0 radical (unpaired) electrons. The molecule has 0 atom stereocenters. The van der Waals surface area contributed by atoms with Crippen LogP contribution in [0.4, 0.5) is 5.82 Å². The number of sulfonamides is 1. The van der Waals surface area contributed by atoms with Gasteiger partial charge in [-0.05, 0) is 29.8 Å². The van der Waals surface area contributed by atoms with Gasteiger partial charge in [-0.1, -0.05) is 30.3 Å². The third-order valence-corrected chi connectivity index (χ3v) is 4.90. The molecule has 0 saturated heterocycles. The summed E-state index contributed by atoms with van der Waals surface area (Å²) in [4.78, 5) is 8.26. The van der Waals surface area contributed by atoms with Gasteiger partial charge in [-0.15, -0.1) is 0 Å². The molecule has 7 heteroatoms. The Morgan fingerprint density at radius 2 is 1.87 bits per heavy atom. The van der Waals surface area contributed by atoms with Crippen molar-refractivity contribution >= 4 is 26.6 Å². The Bertz CT molecular complexity index is 971. The van der Waals surface area contributed by atoms with E-state index in [4.69, 9.17) is 5.73 Å². The van der Waals surface area contributed by atoms with Crippen molar-refractivity contribution in [2.75, 3.05) is 5.73 Å². The van der Waals surface area contributed by atoms with Gasteiger partial charge in [-0.25, -0.2) is 23.1 Å². The Hall–Kier alpha value is -2.51. The largest absolute Gasteiger partial charge is 0.383 e. The molecule has 1 aromatic heterocycles. The number of anilines is 1. The number of hydrogen-bond acceptors (Lipinski definition) is 5. The van der Waals surface area contributed by atoms with Gasteiger partial charge in [0.05, 0.1) is 4.90 Å². The molecule has 0 aliphatic heterocycles. The van der Waals surface area contributed by atoms with Gasteiger partial charge in [0.25, 0.3) is 0 Å². The fraction of sp³-hybridized carbons (Fsp3) is 0.125. The minimum Gasteiger partial charge on any atom is -0.383 e. The molecule has 0 bridgehead atoms. The number of aryl methyl sites for hydroxylation is 1. The summed E-state index contributed by atoms with van der Waals surface area (Å²) in [5.74, 6) is 0.822. The molecule has 6 nitrogen and oxygen atoms in total. The van der Waals surface area contributed by atoms with Crippen molar-refractivity contribution in [3.63, 3.8) is 0 Å². The van der Waals surface area contributed by atoms with Crippen LogP contribution in [0.25, 0.3) is 10.8 Å². The Morgan fingerprint density at radius 3 is 2.61 bits per heavy atom. The Kier molecular flexibility index (Phi) is 3.97. The normalized spacial score (nSPS) is 11.7. The Labute approximate surface area is 134 Å². The van der Waals surface area contributed by atoms with Crippen LogP contribution < -0.4 is 10.5 Å². The predicted octanol–water partition coefficient (Wildman–Crippen LogP) is 2.00. The SMILES string of the molecule is Cc1ncc(CNS(=O)(=O)c2ccc3ccccc3c2)c(N)n1. The first-order chi connectivity index (χ1) is 11.0. The number of benzene rings is 2. The van der Waals surface area contributed by atoms with E-state index in [0.29, 0.717) is 11.4 Å². The minimum absolute atomic E-state index is 0.0429. The third-order valence-electron chi connectivity index (χ3n) is 3.50. The van der Waals surface area contributed by atoms with Crippen LogP contribution in [0.2, 0.25) is 0 Å². The second kappa shape index (κ2) is 5.94. The zero-order valence-corrected chi connectivity index (χ0v) is 13.3. The summed E-state index contributed by atoms with van der Waals surface area (Å²) in [6, 6.07) is 12.6. The van der Waals surface area contributed by atoms with Gasteiger partial charge >= 0.3 is 0 Å². The van der Waals surface area contributed by atoms with E-state index in [9.17, 15) is 8.42 Å². The molecule has 2 aromatic carbocycles. The maximum Gasteiger partial charge on any atom is 0.240 e. The number of fused-ring (bicyclic) bond motifs is 1. The van der Waals surface area contributed by atoms with Gasteiger partial charge in [0, 0.05) is 18.3 Å². The quantitative estimate of drug-likeness (QED) is 0.763. The molecule has 0 amide bonds. The Morgan fingerprint density at radius 1 is 1.13 bits per heavy atom. The number of nitrogens with one attached hydrogen (secondary N) is 1. The molecule has 0 fully saturated rings. The summed E-state index contributed by atoms with van der Waals surface area (Å²) in [7, 11) is -3.64. The summed E-state index contributed by atoms with van der Waals surface area (Å²) < 4.78 is 27.4. The molecule has 118 valence electrons. The summed E-state index contributed by atoms with van der Waals surface area (Å²) in [5, 5.41) is 1.86. The van der Waals surface area contributed by atoms with E-state index in [1.807, 2.05) is 24.3 Å². The molecule has 1 heterocycles. The van der Waals surface area contributed by atoms with Crippen molar-refractivity contribution in [2.45, 2.75) is 18.4 Å². The molecular weight excluding hydrogens is 312 g/mol. The molecule has 0 saturated carbocycles. The smallest absolute Gasteiger partial charge is 0.240 e. The first kappa shape index (κ1) is 15.4. The average Bonchev–Trinajstić information content (AvgIpc) is 2.53. The molecule has 3 N–H and O–H groups in total. The Balaban J connectivity index is 1.85. The lowest BCUT2D eigenvalue weighted by Crippen LogP contribution is -2.24. The van der Waals surface area contributed by atoms with Crippen molar-refractivity contribution in [3.8, 4) is 0 Å².